The summed E-state index contributed by atoms with van der Waals surface area (Å²) in [5.74, 6) is 0.624. The van der Waals surface area contributed by atoms with Gasteiger partial charge in [0.15, 0.2) is 0 Å². The Morgan fingerprint density at radius 2 is 1.62 bits per heavy atom. The van der Waals surface area contributed by atoms with E-state index in [0.717, 1.165) is 27.9 Å². The molecular weight excluding hydrogens is 324 g/mol. The monoisotopic (exact) mass is 342 g/mol. The van der Waals surface area contributed by atoms with Crippen LogP contribution in [0.3, 0.4) is 0 Å². The molecule has 0 atom stereocenters. The number of hydrogen-bond donors (Lipinski definition) is 2. The lowest BCUT2D eigenvalue weighted by Gasteiger charge is -2.08. The van der Waals surface area contributed by atoms with E-state index in [4.69, 9.17) is 4.74 Å². The van der Waals surface area contributed by atoms with Gasteiger partial charge in [-0.05, 0) is 35.9 Å². The van der Waals surface area contributed by atoms with Gasteiger partial charge in [-0.1, -0.05) is 48.5 Å². The van der Waals surface area contributed by atoms with Gasteiger partial charge in [-0.3, -0.25) is 4.79 Å². The molecular formula is C22H18N2O2. The number of benzene rings is 3. The Morgan fingerprint density at radius 3 is 2.42 bits per heavy atom. The van der Waals surface area contributed by atoms with Gasteiger partial charge >= 0.3 is 0 Å². The minimum atomic E-state index is -0.139. The molecule has 2 N–H and O–H groups in total. The summed E-state index contributed by atoms with van der Waals surface area (Å²) in [6.07, 6.45) is 1.73. The van der Waals surface area contributed by atoms with Crippen LogP contribution >= 0.6 is 0 Å². The number of ether oxygens (including phenoxy) is 1. The second-order valence-corrected chi connectivity index (χ2v) is 6.00. The van der Waals surface area contributed by atoms with Crippen molar-refractivity contribution >= 4 is 22.5 Å². The highest BCUT2D eigenvalue weighted by atomic mass is 16.5. The first-order valence-corrected chi connectivity index (χ1v) is 8.44. The van der Waals surface area contributed by atoms with Gasteiger partial charge in [0.25, 0.3) is 5.91 Å². The first-order valence-electron chi connectivity index (χ1n) is 8.44. The number of anilines is 1. The molecule has 0 bridgehead atoms. The number of amides is 1. The Labute approximate surface area is 151 Å². The number of hydrogen-bond acceptors (Lipinski definition) is 2. The maximum absolute atomic E-state index is 12.5. The number of fused-ring (bicyclic) bond motifs is 1. The van der Waals surface area contributed by atoms with Crippen molar-refractivity contribution < 1.29 is 9.53 Å². The zero-order valence-electron chi connectivity index (χ0n) is 14.1. The first kappa shape index (κ1) is 16.0. The van der Waals surface area contributed by atoms with Crippen LogP contribution in [0.15, 0.2) is 85.1 Å². The SMILES string of the molecule is O=C(Nc1ccc(OCc2ccccc2)cc1)c1c[nH]c2ccccc12. The summed E-state index contributed by atoms with van der Waals surface area (Å²) in [5, 5.41) is 3.83. The number of carbonyl (C=O) groups is 1. The lowest BCUT2D eigenvalue weighted by molar-refractivity contribution is 0.102. The molecule has 4 aromatic rings. The Balaban J connectivity index is 1.41. The highest BCUT2D eigenvalue weighted by molar-refractivity contribution is 6.12. The van der Waals surface area contributed by atoms with Crippen LogP contribution in [-0.4, -0.2) is 10.9 Å². The maximum Gasteiger partial charge on any atom is 0.257 e. The van der Waals surface area contributed by atoms with E-state index in [2.05, 4.69) is 10.3 Å². The molecule has 0 saturated carbocycles. The van der Waals surface area contributed by atoms with E-state index in [-0.39, 0.29) is 5.91 Å². The molecule has 3 aromatic carbocycles. The second kappa shape index (κ2) is 7.15. The van der Waals surface area contributed by atoms with Crippen LogP contribution in [0.4, 0.5) is 5.69 Å². The van der Waals surface area contributed by atoms with Crippen molar-refractivity contribution in [2.75, 3.05) is 5.32 Å². The van der Waals surface area contributed by atoms with E-state index in [1.807, 2.05) is 78.9 Å². The van der Waals surface area contributed by atoms with E-state index < -0.39 is 0 Å². The standard InChI is InChI=1S/C22H18N2O2/c25-22(20-14-23-21-9-5-4-8-19(20)21)24-17-10-12-18(13-11-17)26-15-16-6-2-1-3-7-16/h1-14,23H,15H2,(H,24,25). The molecule has 1 amide bonds. The van der Waals surface area contributed by atoms with E-state index >= 15 is 0 Å². The molecule has 0 unspecified atom stereocenters. The summed E-state index contributed by atoms with van der Waals surface area (Å²) in [4.78, 5) is 15.6. The van der Waals surface area contributed by atoms with Gasteiger partial charge in [-0.25, -0.2) is 0 Å². The summed E-state index contributed by atoms with van der Waals surface area (Å²) in [7, 11) is 0. The zero-order valence-corrected chi connectivity index (χ0v) is 14.1. The molecule has 4 rings (SSSR count). The molecule has 0 fully saturated rings. The van der Waals surface area contributed by atoms with Gasteiger partial charge < -0.3 is 15.0 Å². The van der Waals surface area contributed by atoms with Crippen LogP contribution in [0.5, 0.6) is 5.75 Å². The third-order valence-corrected chi connectivity index (χ3v) is 4.19. The largest absolute Gasteiger partial charge is 0.489 e. The number of nitrogens with one attached hydrogen (secondary N) is 2. The molecule has 0 radical (unpaired) electrons. The molecule has 4 heteroatoms. The Bertz CT molecular complexity index is 1020. The second-order valence-electron chi connectivity index (χ2n) is 6.00. The number of H-pyrrole nitrogens is 1. The molecule has 1 heterocycles. The van der Waals surface area contributed by atoms with Crippen LogP contribution in [0.1, 0.15) is 15.9 Å². The molecule has 26 heavy (non-hydrogen) atoms. The fourth-order valence-corrected chi connectivity index (χ4v) is 2.83. The number of aromatic nitrogens is 1. The van der Waals surface area contributed by atoms with E-state index in [0.29, 0.717) is 12.2 Å². The summed E-state index contributed by atoms with van der Waals surface area (Å²) >= 11 is 0. The fourth-order valence-electron chi connectivity index (χ4n) is 2.83. The van der Waals surface area contributed by atoms with Gasteiger partial charge in [0.1, 0.15) is 12.4 Å². The average Bonchev–Trinajstić information content (AvgIpc) is 3.12. The quantitative estimate of drug-likeness (QED) is 0.536. The lowest BCUT2D eigenvalue weighted by atomic mass is 10.1. The minimum Gasteiger partial charge on any atom is -0.489 e. The molecule has 0 aliphatic rings. The molecule has 4 nitrogen and oxygen atoms in total. The van der Waals surface area contributed by atoms with Gasteiger partial charge in [0, 0.05) is 22.8 Å². The average molecular weight is 342 g/mol. The fraction of sp³-hybridized carbons (Fsp3) is 0.0455. The number of rotatable bonds is 5. The summed E-state index contributed by atoms with van der Waals surface area (Å²) < 4.78 is 5.76. The third kappa shape index (κ3) is 3.44. The van der Waals surface area contributed by atoms with Crippen LogP contribution in [0, 0.1) is 0 Å². The third-order valence-electron chi connectivity index (χ3n) is 4.19. The topological polar surface area (TPSA) is 54.1 Å². The van der Waals surface area contributed by atoms with Crippen molar-refractivity contribution in [2.24, 2.45) is 0 Å². The smallest absolute Gasteiger partial charge is 0.257 e. The normalized spacial score (nSPS) is 10.6. The van der Waals surface area contributed by atoms with E-state index in [1.54, 1.807) is 6.20 Å². The highest BCUT2D eigenvalue weighted by Gasteiger charge is 2.11. The van der Waals surface area contributed by atoms with Crippen LogP contribution in [-0.2, 0) is 6.61 Å². The van der Waals surface area contributed by atoms with Gasteiger partial charge in [-0.15, -0.1) is 0 Å². The van der Waals surface area contributed by atoms with Crippen LogP contribution in [0.2, 0.25) is 0 Å². The first-order chi connectivity index (χ1) is 12.8. The number of aromatic amines is 1. The summed E-state index contributed by atoms with van der Waals surface area (Å²) in [6.45, 7) is 0.516. The molecule has 0 spiro atoms. The van der Waals surface area contributed by atoms with Crippen LogP contribution in [0.25, 0.3) is 10.9 Å². The van der Waals surface area contributed by atoms with E-state index in [1.165, 1.54) is 0 Å². The molecule has 1 aromatic heterocycles. The predicted molar refractivity (Wildman–Crippen MR) is 103 cm³/mol. The van der Waals surface area contributed by atoms with E-state index in [9.17, 15) is 4.79 Å². The Hall–Kier alpha value is -3.53. The molecule has 0 saturated heterocycles. The van der Waals surface area contributed by atoms with Crippen molar-refractivity contribution in [1.82, 2.24) is 4.98 Å². The zero-order chi connectivity index (χ0) is 17.8. The van der Waals surface area contributed by atoms with Crippen molar-refractivity contribution in [3.63, 3.8) is 0 Å². The number of carbonyl (C=O) groups excluding carboxylic acids is 1. The Kier molecular flexibility index (Phi) is 4.39. The van der Waals surface area contributed by atoms with Gasteiger partial charge in [0.05, 0.1) is 5.56 Å². The molecule has 0 aliphatic carbocycles. The summed E-state index contributed by atoms with van der Waals surface area (Å²) in [6, 6.07) is 25.1. The van der Waals surface area contributed by atoms with Crippen LogP contribution < -0.4 is 10.1 Å². The number of para-hydroxylation sites is 1. The van der Waals surface area contributed by atoms with Crippen molar-refractivity contribution in [2.45, 2.75) is 6.61 Å². The summed E-state index contributed by atoms with van der Waals surface area (Å²) in [5.41, 5.74) is 3.42. The van der Waals surface area contributed by atoms with Crippen molar-refractivity contribution in [3.05, 3.63) is 96.2 Å². The predicted octanol–water partition coefficient (Wildman–Crippen LogP) is 5.00. The van der Waals surface area contributed by atoms with Gasteiger partial charge in [-0.2, -0.15) is 0 Å². The van der Waals surface area contributed by atoms with Crippen molar-refractivity contribution in [1.29, 1.82) is 0 Å². The molecule has 0 aliphatic heterocycles. The van der Waals surface area contributed by atoms with Gasteiger partial charge in [0.2, 0.25) is 0 Å². The Morgan fingerprint density at radius 1 is 0.885 bits per heavy atom. The highest BCUT2D eigenvalue weighted by Crippen LogP contribution is 2.21. The molecule has 128 valence electrons. The lowest BCUT2D eigenvalue weighted by Crippen LogP contribution is -2.11. The minimum absolute atomic E-state index is 0.139. The maximum atomic E-state index is 12.5. The van der Waals surface area contributed by atoms with Crippen molar-refractivity contribution in [3.8, 4) is 5.75 Å².